The van der Waals surface area contributed by atoms with Crippen LogP contribution in [0.15, 0.2) is 17.4 Å². The first-order valence-corrected chi connectivity index (χ1v) is 10.3. The summed E-state index contributed by atoms with van der Waals surface area (Å²) in [4.78, 5) is 39.3. The molecule has 30 heavy (non-hydrogen) atoms. The maximum Gasteiger partial charge on any atom is 0.428 e. The van der Waals surface area contributed by atoms with Crippen molar-refractivity contribution in [2.75, 3.05) is 7.05 Å². The number of hydrogen-bond acceptors (Lipinski definition) is 6. The van der Waals surface area contributed by atoms with Crippen LogP contribution >= 0.6 is 11.6 Å². The normalized spacial score (nSPS) is 24.3. The van der Waals surface area contributed by atoms with Gasteiger partial charge in [0.25, 0.3) is 0 Å². The lowest BCUT2D eigenvalue weighted by Crippen LogP contribution is -2.52. The largest absolute Gasteiger partial charge is 0.435 e. The minimum atomic E-state index is -0.812. The number of hydrazone groups is 1. The summed E-state index contributed by atoms with van der Waals surface area (Å²) in [6.07, 6.45) is 4.65. The van der Waals surface area contributed by atoms with E-state index in [2.05, 4.69) is 26.1 Å². The van der Waals surface area contributed by atoms with Gasteiger partial charge in [-0.3, -0.25) is 9.59 Å². The molecule has 9 nitrogen and oxygen atoms in total. The number of nitrogens with one attached hydrogen (secondary N) is 3. The molecule has 2 heterocycles. The van der Waals surface area contributed by atoms with Gasteiger partial charge in [0.2, 0.25) is 0 Å². The molecule has 0 saturated heterocycles. The van der Waals surface area contributed by atoms with E-state index < -0.39 is 23.5 Å². The van der Waals surface area contributed by atoms with Gasteiger partial charge < -0.3 is 15.4 Å². The molecule has 1 atom stereocenters. The number of nitrogens with zero attached hydrogens (tertiary/aromatic N) is 2. The van der Waals surface area contributed by atoms with Gasteiger partial charge in [0.1, 0.15) is 10.9 Å². The van der Waals surface area contributed by atoms with Crippen molar-refractivity contribution in [1.82, 2.24) is 21.0 Å². The highest BCUT2D eigenvalue weighted by atomic mass is 35.5. The molecule has 1 saturated carbocycles. The number of hydrogen-bond donors (Lipinski definition) is 3. The zero-order valence-corrected chi connectivity index (χ0v) is 18.0. The van der Waals surface area contributed by atoms with Gasteiger partial charge in [-0.15, -0.1) is 0 Å². The lowest BCUT2D eigenvalue weighted by Gasteiger charge is -2.42. The molecule has 2 aliphatic rings. The van der Waals surface area contributed by atoms with Crippen LogP contribution in [0.4, 0.5) is 4.79 Å². The Morgan fingerprint density at radius 2 is 2.07 bits per heavy atom. The average Bonchev–Trinajstić information content (AvgIpc) is 2.70. The second-order valence-electron chi connectivity index (χ2n) is 7.91. The quantitative estimate of drug-likeness (QED) is 0.493. The molecule has 3 amide bonds. The summed E-state index contributed by atoms with van der Waals surface area (Å²) in [7, 11) is 1.42. The van der Waals surface area contributed by atoms with Gasteiger partial charge >= 0.3 is 17.9 Å². The predicted molar refractivity (Wildman–Crippen MR) is 111 cm³/mol. The number of likely N-dealkylation sites (N-methyl/N-ethyl adjacent to an activating group) is 1. The van der Waals surface area contributed by atoms with Gasteiger partial charge in [0.15, 0.2) is 5.60 Å². The first-order valence-electron chi connectivity index (χ1n) is 9.96. The number of aryl methyl sites for hydroxylation is 1. The van der Waals surface area contributed by atoms with Crippen LogP contribution in [0.5, 0.6) is 0 Å². The highest BCUT2D eigenvalue weighted by Gasteiger charge is 2.46. The zero-order chi connectivity index (χ0) is 21.9. The van der Waals surface area contributed by atoms with Crippen LogP contribution in [-0.2, 0) is 14.3 Å². The molecular weight excluding hydrogens is 410 g/mol. The van der Waals surface area contributed by atoms with Crippen LogP contribution in [0.25, 0.3) is 0 Å². The van der Waals surface area contributed by atoms with E-state index in [0.717, 1.165) is 30.4 Å². The molecule has 1 fully saturated rings. The molecule has 0 unspecified atom stereocenters. The van der Waals surface area contributed by atoms with Crippen LogP contribution < -0.4 is 16.1 Å². The number of aromatic nitrogens is 1. The van der Waals surface area contributed by atoms with E-state index in [4.69, 9.17) is 16.3 Å². The molecule has 1 aromatic heterocycles. The Morgan fingerprint density at radius 3 is 2.70 bits per heavy atom. The number of rotatable bonds is 4. The van der Waals surface area contributed by atoms with Crippen molar-refractivity contribution in [1.29, 1.82) is 0 Å². The van der Waals surface area contributed by atoms with Crippen molar-refractivity contribution in [3.8, 4) is 0 Å². The Kier molecular flexibility index (Phi) is 6.60. The number of carbonyl (C=O) groups excluding carboxylic acids is 3. The molecule has 0 radical (unpaired) electrons. The maximum atomic E-state index is 12.0. The summed E-state index contributed by atoms with van der Waals surface area (Å²) < 4.78 is 5.77. The first-order chi connectivity index (χ1) is 14.2. The average molecular weight is 436 g/mol. The fourth-order valence-electron chi connectivity index (χ4n) is 4.21. The van der Waals surface area contributed by atoms with Crippen LogP contribution in [0.1, 0.15) is 50.2 Å². The lowest BCUT2D eigenvalue weighted by molar-refractivity contribution is -0.139. The van der Waals surface area contributed by atoms with Crippen molar-refractivity contribution >= 4 is 35.2 Å². The van der Waals surface area contributed by atoms with E-state index in [1.54, 1.807) is 12.3 Å². The molecule has 1 spiro atoms. The third-order valence-electron chi connectivity index (χ3n) is 5.72. The van der Waals surface area contributed by atoms with E-state index in [0.29, 0.717) is 29.6 Å². The molecule has 1 aromatic rings. The molecule has 1 aliphatic carbocycles. The summed E-state index contributed by atoms with van der Waals surface area (Å²) in [5.41, 5.74) is 3.95. The summed E-state index contributed by atoms with van der Waals surface area (Å²) in [6, 6.07) is 1.62. The Balaban J connectivity index is 1.69. The second-order valence-corrected chi connectivity index (χ2v) is 8.30. The van der Waals surface area contributed by atoms with E-state index in [1.165, 1.54) is 7.05 Å². The van der Waals surface area contributed by atoms with Crippen LogP contribution in [0.2, 0.25) is 5.15 Å². The Bertz CT molecular complexity index is 880. The van der Waals surface area contributed by atoms with E-state index >= 15 is 0 Å². The number of pyridine rings is 1. The first kappa shape index (κ1) is 22.0. The maximum absolute atomic E-state index is 12.0. The third kappa shape index (κ3) is 4.72. The van der Waals surface area contributed by atoms with Crippen molar-refractivity contribution in [3.63, 3.8) is 0 Å². The van der Waals surface area contributed by atoms with Crippen molar-refractivity contribution in [2.24, 2.45) is 11.0 Å². The molecule has 0 aromatic carbocycles. The summed E-state index contributed by atoms with van der Waals surface area (Å²) in [6.45, 7) is 3.80. The van der Waals surface area contributed by atoms with E-state index in [9.17, 15) is 14.4 Å². The second kappa shape index (κ2) is 8.99. The van der Waals surface area contributed by atoms with Gasteiger partial charge in [0.05, 0.1) is 0 Å². The Hall–Kier alpha value is -2.68. The van der Waals surface area contributed by atoms with E-state index in [-0.39, 0.29) is 6.04 Å². The molecule has 162 valence electrons. The molecule has 1 aliphatic heterocycles. The Labute approximate surface area is 180 Å². The molecule has 10 heteroatoms. The molecule has 0 bridgehead atoms. The minimum absolute atomic E-state index is 0.139. The topological polar surface area (TPSA) is 122 Å². The van der Waals surface area contributed by atoms with Gasteiger partial charge in [-0.1, -0.05) is 11.6 Å². The lowest BCUT2D eigenvalue weighted by atomic mass is 9.72. The molecule has 3 rings (SSSR count). The van der Waals surface area contributed by atoms with Crippen molar-refractivity contribution in [2.45, 2.75) is 57.6 Å². The molecule has 3 N–H and O–H groups in total. The highest BCUT2D eigenvalue weighted by molar-refractivity contribution is 6.35. The van der Waals surface area contributed by atoms with Crippen molar-refractivity contribution in [3.05, 3.63) is 28.5 Å². The van der Waals surface area contributed by atoms with Crippen molar-refractivity contribution < 1.29 is 19.1 Å². The number of carbonyl (C=O) groups is 3. The highest BCUT2D eigenvalue weighted by Crippen LogP contribution is 2.41. The monoisotopic (exact) mass is 435 g/mol. The molecular formula is C20H26ClN5O4. The minimum Gasteiger partial charge on any atom is -0.435 e. The standard InChI is InChI=1S/C20H26ClN5O4/c1-11-8-15(21)23-10-14(11)16-20(30-19(29)26-25-16)6-4-13(5-7-20)9-12(2)24-18(28)17(27)22-3/h8,10,12-13H,4-7,9H2,1-3H3,(H,22,27)(H,24,28)(H,26,29)/t12-,13?,20?/m0/s1. The van der Waals surface area contributed by atoms with Gasteiger partial charge in [-0.25, -0.2) is 15.2 Å². The van der Waals surface area contributed by atoms with Crippen LogP contribution in [-0.4, -0.2) is 47.3 Å². The Morgan fingerprint density at radius 1 is 1.37 bits per heavy atom. The number of ether oxygens (including phenoxy) is 1. The van der Waals surface area contributed by atoms with Gasteiger partial charge in [-0.05, 0) is 63.5 Å². The fraction of sp³-hybridized carbons (Fsp3) is 0.550. The summed E-state index contributed by atoms with van der Waals surface area (Å²) >= 11 is 5.98. The van der Waals surface area contributed by atoms with Crippen LogP contribution in [0, 0.1) is 12.8 Å². The van der Waals surface area contributed by atoms with Crippen LogP contribution in [0.3, 0.4) is 0 Å². The van der Waals surface area contributed by atoms with Gasteiger partial charge in [0, 0.05) is 24.8 Å². The predicted octanol–water partition coefficient (Wildman–Crippen LogP) is 2.06. The smallest absolute Gasteiger partial charge is 0.428 e. The third-order valence-corrected chi connectivity index (χ3v) is 5.93. The summed E-state index contributed by atoms with van der Waals surface area (Å²) in [5, 5.41) is 9.73. The number of halogens is 1. The van der Waals surface area contributed by atoms with E-state index in [1.807, 2.05) is 13.8 Å². The summed E-state index contributed by atoms with van der Waals surface area (Å²) in [5.74, 6) is -0.960. The zero-order valence-electron chi connectivity index (χ0n) is 17.3. The number of amides is 3. The SMILES string of the molecule is CNC(=O)C(=O)N[C@@H](C)CC1CCC2(CC1)OC(=O)NN=C2c1cnc(Cl)cc1C. The van der Waals surface area contributed by atoms with Gasteiger partial charge in [-0.2, -0.15) is 5.10 Å². The fourth-order valence-corrected chi connectivity index (χ4v) is 4.42.